The highest BCUT2D eigenvalue weighted by Gasteiger charge is 2.13. The Morgan fingerprint density at radius 1 is 0.698 bits per heavy atom. The van der Waals surface area contributed by atoms with Gasteiger partial charge in [-0.2, -0.15) is 0 Å². The van der Waals surface area contributed by atoms with Crippen molar-refractivity contribution in [1.82, 2.24) is 0 Å². The van der Waals surface area contributed by atoms with Crippen LogP contribution in [0.4, 0.5) is 11.4 Å². The van der Waals surface area contributed by atoms with Crippen molar-refractivity contribution in [3.8, 4) is 11.5 Å². The third-order valence-electron chi connectivity index (χ3n) is 7.05. The molecule has 1 atom stereocenters. The van der Waals surface area contributed by atoms with Crippen LogP contribution in [0, 0.1) is 20.2 Å². The van der Waals surface area contributed by atoms with Gasteiger partial charge in [-0.1, -0.05) is 76.2 Å². The maximum atomic E-state index is 11.0. The number of hydrogen-bond donors (Lipinski definition) is 1. The molecular formula is C34H40N2O6S. The molecule has 0 radical (unpaired) electrons. The molecule has 0 N–H and O–H groups in total. The molecule has 43 heavy (non-hydrogen) atoms. The first-order valence-electron chi connectivity index (χ1n) is 14.7. The lowest BCUT2D eigenvalue weighted by Gasteiger charge is -2.18. The second kappa shape index (κ2) is 17.8. The van der Waals surface area contributed by atoms with Gasteiger partial charge >= 0.3 is 0 Å². The summed E-state index contributed by atoms with van der Waals surface area (Å²) in [6, 6.07) is 16.4. The monoisotopic (exact) mass is 604 g/mol. The van der Waals surface area contributed by atoms with Crippen LogP contribution in [0.3, 0.4) is 0 Å². The number of hydrogen-bond acceptors (Lipinski definition) is 7. The van der Waals surface area contributed by atoms with Gasteiger partial charge in [-0.15, -0.1) is 12.6 Å². The number of thiol groups is 1. The lowest BCUT2D eigenvalue weighted by atomic mass is 10.0. The van der Waals surface area contributed by atoms with Crippen LogP contribution in [0.1, 0.15) is 87.0 Å². The molecule has 228 valence electrons. The Hall–Kier alpha value is -4.11. The van der Waals surface area contributed by atoms with E-state index in [4.69, 9.17) is 22.1 Å². The van der Waals surface area contributed by atoms with Gasteiger partial charge in [0.1, 0.15) is 16.9 Å². The zero-order valence-corrected chi connectivity index (χ0v) is 25.7. The van der Waals surface area contributed by atoms with E-state index in [2.05, 4.69) is 6.92 Å². The molecule has 8 nitrogen and oxygen atoms in total. The van der Waals surface area contributed by atoms with Crippen molar-refractivity contribution in [2.75, 3.05) is 7.11 Å². The van der Waals surface area contributed by atoms with Crippen LogP contribution in [0.25, 0.3) is 24.3 Å². The Balaban J connectivity index is 1.80. The molecule has 0 saturated carbocycles. The van der Waals surface area contributed by atoms with E-state index in [-0.39, 0.29) is 16.8 Å². The van der Waals surface area contributed by atoms with E-state index in [9.17, 15) is 20.2 Å². The smallest absolute Gasteiger partial charge is 0.269 e. The van der Waals surface area contributed by atoms with Gasteiger partial charge in [-0.3, -0.25) is 20.2 Å². The molecule has 0 spiro atoms. The van der Waals surface area contributed by atoms with Crippen molar-refractivity contribution in [3.63, 3.8) is 0 Å². The summed E-state index contributed by atoms with van der Waals surface area (Å²) in [4.78, 5) is 21.1. The van der Waals surface area contributed by atoms with Crippen molar-refractivity contribution in [2.45, 2.75) is 70.1 Å². The predicted octanol–water partition coefficient (Wildman–Crippen LogP) is 10.0. The Morgan fingerprint density at radius 3 is 1.60 bits per heavy atom. The van der Waals surface area contributed by atoms with E-state index < -0.39 is 9.85 Å². The minimum absolute atomic E-state index is 0.0332. The van der Waals surface area contributed by atoms with Crippen molar-refractivity contribution >= 4 is 48.3 Å². The number of nitro groups is 2. The zero-order chi connectivity index (χ0) is 31.0. The average molecular weight is 605 g/mol. The second-order valence-electron chi connectivity index (χ2n) is 10.3. The third-order valence-corrected chi connectivity index (χ3v) is 7.41. The summed E-state index contributed by atoms with van der Waals surface area (Å²) in [5.41, 5.74) is 2.93. The summed E-state index contributed by atoms with van der Waals surface area (Å²) in [6.07, 6.45) is 18.1. The summed E-state index contributed by atoms with van der Waals surface area (Å²) >= 11 is 4.73. The Labute approximate surface area is 259 Å². The summed E-state index contributed by atoms with van der Waals surface area (Å²) in [5, 5.41) is 22.0. The van der Waals surface area contributed by atoms with Gasteiger partial charge < -0.3 is 9.47 Å². The predicted molar refractivity (Wildman–Crippen MR) is 178 cm³/mol. The van der Waals surface area contributed by atoms with Crippen molar-refractivity contribution in [3.05, 3.63) is 103 Å². The first kappa shape index (κ1) is 33.4. The van der Waals surface area contributed by atoms with E-state index in [1.807, 2.05) is 36.4 Å². The van der Waals surface area contributed by atoms with Gasteiger partial charge in [0.2, 0.25) is 0 Å². The van der Waals surface area contributed by atoms with Crippen LogP contribution in [-0.4, -0.2) is 22.4 Å². The van der Waals surface area contributed by atoms with Crippen LogP contribution < -0.4 is 9.47 Å². The number of non-ortho nitro benzene ring substituents is 2. The summed E-state index contributed by atoms with van der Waals surface area (Å²) in [6.45, 7) is 2.23. The van der Waals surface area contributed by atoms with Gasteiger partial charge in [-0.25, -0.2) is 0 Å². The molecule has 0 aromatic heterocycles. The van der Waals surface area contributed by atoms with E-state index in [0.717, 1.165) is 41.5 Å². The minimum Gasteiger partial charge on any atom is -0.496 e. The zero-order valence-electron chi connectivity index (χ0n) is 24.8. The van der Waals surface area contributed by atoms with Gasteiger partial charge in [0.05, 0.1) is 17.0 Å². The van der Waals surface area contributed by atoms with Crippen molar-refractivity contribution in [1.29, 1.82) is 0 Å². The van der Waals surface area contributed by atoms with Gasteiger partial charge in [-0.05, 0) is 60.4 Å². The highest BCUT2D eigenvalue weighted by Crippen LogP contribution is 2.34. The summed E-state index contributed by atoms with van der Waals surface area (Å²) < 4.78 is 12.0. The molecule has 0 amide bonds. The number of unbranched alkanes of at least 4 members (excludes halogenated alkanes) is 7. The fourth-order valence-corrected chi connectivity index (χ4v) is 4.87. The normalized spacial score (nSPS) is 12.1. The fraction of sp³-hybridized carbons (Fsp3) is 0.353. The Kier molecular flexibility index (Phi) is 13.8. The summed E-state index contributed by atoms with van der Waals surface area (Å²) in [5.74, 6) is 1.24. The Morgan fingerprint density at radius 2 is 1.14 bits per heavy atom. The maximum absolute atomic E-state index is 11.0. The van der Waals surface area contributed by atoms with Crippen molar-refractivity contribution < 1.29 is 19.3 Å². The fourth-order valence-electron chi connectivity index (χ4n) is 4.58. The number of nitrogens with zero attached hydrogens (tertiary/aromatic N) is 2. The average Bonchev–Trinajstić information content (AvgIpc) is 3.01. The van der Waals surface area contributed by atoms with Crippen LogP contribution in [0.2, 0.25) is 0 Å². The van der Waals surface area contributed by atoms with Crippen LogP contribution >= 0.6 is 12.6 Å². The summed E-state index contributed by atoms with van der Waals surface area (Å²) in [7, 11) is 1.59. The third kappa shape index (κ3) is 11.2. The number of benzene rings is 3. The molecule has 0 bridgehead atoms. The molecule has 9 heteroatoms. The molecular weight excluding hydrogens is 564 g/mol. The lowest BCUT2D eigenvalue weighted by Crippen LogP contribution is -2.10. The SMILES string of the molecule is CCCCCCCCCCC(S)Oc1cc(/C=C/c2ccc([N+](=O)[O-])cc2)c(OC)cc1/C=C/c1ccc([N+](=O)[O-])cc1. The van der Waals surface area contributed by atoms with Crippen LogP contribution in [-0.2, 0) is 0 Å². The largest absolute Gasteiger partial charge is 0.496 e. The molecule has 0 fully saturated rings. The van der Waals surface area contributed by atoms with Gasteiger partial charge in [0.15, 0.2) is 0 Å². The quantitative estimate of drug-likeness (QED) is 0.0387. The van der Waals surface area contributed by atoms with Crippen LogP contribution in [0.15, 0.2) is 60.7 Å². The van der Waals surface area contributed by atoms with E-state index >= 15 is 0 Å². The van der Waals surface area contributed by atoms with E-state index in [0.29, 0.717) is 11.5 Å². The van der Waals surface area contributed by atoms with E-state index in [1.54, 1.807) is 31.4 Å². The standard InChI is InChI=1S/C34H40N2O6S/c1-3-4-5-6-7-8-9-10-11-34(43)42-33-25-28(18-12-26-14-20-30(21-15-26)35(37)38)32(41-2)24-29(33)19-13-27-16-22-31(23-17-27)36(39)40/h12-25,34,43H,3-11H2,1-2H3/b18-12+,19-13+. The number of rotatable bonds is 18. The number of ether oxygens (including phenoxy) is 2. The molecule has 0 aliphatic heterocycles. The topological polar surface area (TPSA) is 105 Å². The molecule has 0 aliphatic rings. The molecule has 3 aromatic rings. The Bertz CT molecular complexity index is 1390. The molecule has 3 rings (SSSR count). The van der Waals surface area contributed by atoms with Crippen molar-refractivity contribution in [2.24, 2.45) is 0 Å². The first-order chi connectivity index (χ1) is 20.8. The highest BCUT2D eigenvalue weighted by molar-refractivity contribution is 7.80. The first-order valence-corrected chi connectivity index (χ1v) is 15.2. The van der Waals surface area contributed by atoms with Gasteiger partial charge in [0, 0.05) is 35.4 Å². The van der Waals surface area contributed by atoms with E-state index in [1.165, 1.54) is 62.8 Å². The molecule has 3 aromatic carbocycles. The molecule has 0 saturated heterocycles. The van der Waals surface area contributed by atoms with Crippen LogP contribution in [0.5, 0.6) is 11.5 Å². The molecule has 0 heterocycles. The minimum atomic E-state index is -0.426. The lowest BCUT2D eigenvalue weighted by molar-refractivity contribution is -0.385. The highest BCUT2D eigenvalue weighted by atomic mass is 32.1. The second-order valence-corrected chi connectivity index (χ2v) is 10.9. The van der Waals surface area contributed by atoms with Gasteiger partial charge in [0.25, 0.3) is 11.4 Å². The molecule has 1 unspecified atom stereocenters. The molecule has 0 aliphatic carbocycles. The number of methoxy groups -OCH3 is 1. The maximum Gasteiger partial charge on any atom is 0.269 e. The number of nitro benzene ring substituents is 2.